The van der Waals surface area contributed by atoms with Crippen molar-refractivity contribution in [2.45, 2.75) is 32.0 Å². The van der Waals surface area contributed by atoms with Crippen LogP contribution in [0.15, 0.2) is 66.8 Å². The Morgan fingerprint density at radius 2 is 1.86 bits per heavy atom. The Hall–Kier alpha value is -3.76. The first-order valence-corrected chi connectivity index (χ1v) is 11.7. The van der Waals surface area contributed by atoms with Crippen molar-refractivity contribution >= 4 is 17.7 Å². The fraction of sp³-hybridized carbons (Fsp3) is 0.333. The van der Waals surface area contributed by atoms with Crippen LogP contribution >= 0.6 is 0 Å². The van der Waals surface area contributed by atoms with Crippen LogP contribution in [0.5, 0.6) is 5.75 Å². The van der Waals surface area contributed by atoms with E-state index in [4.69, 9.17) is 24.1 Å². The zero-order chi connectivity index (χ0) is 27.0. The summed E-state index contributed by atoms with van der Waals surface area (Å²) in [7, 11) is 1.47. The minimum atomic E-state index is -0.953. The molecule has 2 atom stereocenters. The number of allylic oxidation sites excluding steroid dienone is 3. The molecule has 2 N–H and O–H groups in total. The molecule has 200 valence electrons. The van der Waals surface area contributed by atoms with Gasteiger partial charge in [0.15, 0.2) is 6.10 Å². The van der Waals surface area contributed by atoms with Crippen LogP contribution in [-0.2, 0) is 19.0 Å². The maximum absolute atomic E-state index is 14.0. The molecule has 0 fully saturated rings. The van der Waals surface area contributed by atoms with Crippen LogP contribution in [0.1, 0.15) is 31.4 Å². The van der Waals surface area contributed by atoms with Gasteiger partial charge in [0.1, 0.15) is 24.0 Å². The summed E-state index contributed by atoms with van der Waals surface area (Å²) < 4.78 is 48.6. The third kappa shape index (κ3) is 10.4. The number of hydrogen-bond donors (Lipinski definition) is 2. The average Bonchev–Trinajstić information content (AvgIpc) is 2.88. The fourth-order valence-electron chi connectivity index (χ4n) is 3.27. The van der Waals surface area contributed by atoms with Crippen LogP contribution in [-0.4, -0.2) is 50.2 Å². The van der Waals surface area contributed by atoms with E-state index in [1.54, 1.807) is 43.3 Å². The molecule has 0 bridgehead atoms. The monoisotopic (exact) mass is 519 g/mol. The lowest BCUT2D eigenvalue weighted by atomic mass is 10.00. The number of nitrogens with one attached hydrogen (secondary N) is 1. The molecule has 0 aromatic heterocycles. The number of amides is 1. The van der Waals surface area contributed by atoms with Crippen LogP contribution in [0.2, 0.25) is 0 Å². The second-order valence-corrected chi connectivity index (χ2v) is 7.61. The van der Waals surface area contributed by atoms with Gasteiger partial charge in [-0.2, -0.15) is 0 Å². The highest BCUT2D eigenvalue weighted by Gasteiger charge is 2.27. The largest absolute Gasteiger partial charge is 0.491 e. The summed E-state index contributed by atoms with van der Waals surface area (Å²) in [4.78, 5) is 24.0. The Balaban J connectivity index is 2.14. The van der Waals surface area contributed by atoms with E-state index in [1.165, 1.54) is 13.2 Å². The molecule has 0 aliphatic heterocycles. The standard InChI is InChI=1S/C27H31F2NO7/c1-3-35-25(32)9-7-5-4-6-8-24(34-2)26(19-10-13-21(14-11-19)36-17-16-31)37-27(33)30-23-15-12-20(28)18-22(23)29/h4-5,7,9-15,18,24,26,31H,3,6,8,16-17H2,1-2H3,(H,30,33)/b5-4+,9-7+/t24-,26-/m1/s1. The van der Waals surface area contributed by atoms with E-state index in [0.29, 0.717) is 36.8 Å². The molecule has 8 nitrogen and oxygen atoms in total. The van der Waals surface area contributed by atoms with Crippen molar-refractivity contribution in [2.24, 2.45) is 0 Å². The fourth-order valence-corrected chi connectivity index (χ4v) is 3.27. The molecule has 0 aliphatic carbocycles. The first-order chi connectivity index (χ1) is 17.9. The van der Waals surface area contributed by atoms with E-state index >= 15 is 0 Å². The molecule has 10 heteroatoms. The smallest absolute Gasteiger partial charge is 0.412 e. The van der Waals surface area contributed by atoms with Gasteiger partial charge in [-0.1, -0.05) is 30.4 Å². The molecule has 0 radical (unpaired) electrons. The highest BCUT2D eigenvalue weighted by Crippen LogP contribution is 2.29. The molecular formula is C27H31F2NO7. The Morgan fingerprint density at radius 3 is 2.51 bits per heavy atom. The summed E-state index contributed by atoms with van der Waals surface area (Å²) >= 11 is 0. The van der Waals surface area contributed by atoms with Crippen molar-refractivity contribution < 1.29 is 42.4 Å². The molecule has 0 saturated heterocycles. The third-order valence-corrected chi connectivity index (χ3v) is 4.99. The van der Waals surface area contributed by atoms with Gasteiger partial charge >= 0.3 is 12.1 Å². The lowest BCUT2D eigenvalue weighted by Gasteiger charge is -2.26. The average molecular weight is 520 g/mol. The molecule has 1 amide bonds. The van der Waals surface area contributed by atoms with Gasteiger partial charge in [0.2, 0.25) is 0 Å². The predicted molar refractivity (Wildman–Crippen MR) is 133 cm³/mol. The summed E-state index contributed by atoms with van der Waals surface area (Å²) in [5.41, 5.74) is 0.354. The molecule has 2 aromatic rings. The zero-order valence-corrected chi connectivity index (χ0v) is 20.7. The SMILES string of the molecule is CCOC(=O)/C=C/C=C/CC[C@@H](OC)[C@H](OC(=O)Nc1ccc(F)cc1F)c1ccc(OCCO)cc1. The number of methoxy groups -OCH3 is 1. The number of anilines is 1. The van der Waals surface area contributed by atoms with E-state index in [9.17, 15) is 18.4 Å². The molecule has 2 aromatic carbocycles. The first kappa shape index (κ1) is 29.5. The number of ether oxygens (including phenoxy) is 4. The molecule has 2 rings (SSSR count). The summed E-state index contributed by atoms with van der Waals surface area (Å²) in [6, 6.07) is 9.45. The molecular weight excluding hydrogens is 488 g/mol. The number of halogens is 2. The summed E-state index contributed by atoms with van der Waals surface area (Å²) in [6.07, 6.45) is 4.91. The lowest BCUT2D eigenvalue weighted by molar-refractivity contribution is -0.137. The van der Waals surface area contributed by atoms with E-state index in [-0.39, 0.29) is 18.9 Å². The van der Waals surface area contributed by atoms with Gasteiger partial charge in [0, 0.05) is 19.3 Å². The van der Waals surface area contributed by atoms with Gasteiger partial charge in [0.05, 0.1) is 25.0 Å². The molecule has 0 unspecified atom stereocenters. The van der Waals surface area contributed by atoms with Gasteiger partial charge in [0.25, 0.3) is 0 Å². The number of hydrogen-bond acceptors (Lipinski definition) is 7. The molecule has 0 saturated carbocycles. The summed E-state index contributed by atoms with van der Waals surface area (Å²) in [6.45, 7) is 2.00. The van der Waals surface area contributed by atoms with Crippen LogP contribution in [0.4, 0.5) is 19.3 Å². The number of esters is 1. The highest BCUT2D eigenvalue weighted by atomic mass is 19.1. The second kappa shape index (κ2) is 16.1. The molecule has 0 spiro atoms. The van der Waals surface area contributed by atoms with Gasteiger partial charge in [-0.05, 0) is 49.6 Å². The number of aliphatic hydroxyl groups is 1. The van der Waals surface area contributed by atoms with E-state index < -0.39 is 35.9 Å². The minimum absolute atomic E-state index is 0.128. The predicted octanol–water partition coefficient (Wildman–Crippen LogP) is 5.10. The van der Waals surface area contributed by atoms with Crippen molar-refractivity contribution in [3.63, 3.8) is 0 Å². The van der Waals surface area contributed by atoms with Crippen molar-refractivity contribution in [2.75, 3.05) is 32.2 Å². The lowest BCUT2D eigenvalue weighted by Crippen LogP contribution is -2.28. The van der Waals surface area contributed by atoms with E-state index in [2.05, 4.69) is 5.32 Å². The maximum Gasteiger partial charge on any atom is 0.412 e. The molecule has 37 heavy (non-hydrogen) atoms. The summed E-state index contributed by atoms with van der Waals surface area (Å²) in [5.74, 6) is -1.64. The topological polar surface area (TPSA) is 103 Å². The van der Waals surface area contributed by atoms with Gasteiger partial charge < -0.3 is 24.1 Å². The number of rotatable bonds is 14. The van der Waals surface area contributed by atoms with Crippen molar-refractivity contribution in [1.29, 1.82) is 0 Å². The highest BCUT2D eigenvalue weighted by molar-refractivity contribution is 5.85. The molecule has 0 heterocycles. The van der Waals surface area contributed by atoms with Crippen molar-refractivity contribution in [3.8, 4) is 5.75 Å². The van der Waals surface area contributed by atoms with Gasteiger partial charge in [-0.15, -0.1) is 0 Å². The van der Waals surface area contributed by atoms with Gasteiger partial charge in [-0.25, -0.2) is 18.4 Å². The second-order valence-electron chi connectivity index (χ2n) is 7.61. The quantitative estimate of drug-likeness (QED) is 0.203. The zero-order valence-electron chi connectivity index (χ0n) is 20.7. The number of aliphatic hydroxyl groups excluding tert-OH is 1. The number of carbonyl (C=O) groups is 2. The Morgan fingerprint density at radius 1 is 1.11 bits per heavy atom. The van der Waals surface area contributed by atoms with Gasteiger partial charge in [-0.3, -0.25) is 5.32 Å². The minimum Gasteiger partial charge on any atom is -0.491 e. The van der Waals surface area contributed by atoms with Crippen LogP contribution in [0.3, 0.4) is 0 Å². The Kier molecular flexibility index (Phi) is 12.8. The Bertz CT molecular complexity index is 1060. The number of benzene rings is 2. The first-order valence-electron chi connectivity index (χ1n) is 11.7. The van der Waals surface area contributed by atoms with Crippen LogP contribution < -0.4 is 10.1 Å². The Labute approximate surface area is 214 Å². The third-order valence-electron chi connectivity index (χ3n) is 4.99. The molecule has 0 aliphatic rings. The number of carbonyl (C=O) groups excluding carboxylic acids is 2. The van der Waals surface area contributed by atoms with Crippen molar-refractivity contribution in [3.05, 3.63) is 84.0 Å². The van der Waals surface area contributed by atoms with Crippen molar-refractivity contribution in [1.82, 2.24) is 0 Å². The maximum atomic E-state index is 14.0. The normalized spacial score (nSPS) is 12.9. The van der Waals surface area contributed by atoms with Crippen LogP contribution in [0.25, 0.3) is 0 Å². The van der Waals surface area contributed by atoms with E-state index in [1.807, 2.05) is 6.08 Å². The van der Waals surface area contributed by atoms with E-state index in [0.717, 1.165) is 12.1 Å². The van der Waals surface area contributed by atoms with Crippen LogP contribution in [0, 0.1) is 11.6 Å². The summed E-state index contributed by atoms with van der Waals surface area (Å²) in [5, 5.41) is 11.2.